The third kappa shape index (κ3) is 3.83. The maximum Gasteiger partial charge on any atom is 1.00 e. The van der Waals surface area contributed by atoms with Gasteiger partial charge in [-0.05, 0) is 34.7 Å². The van der Waals surface area contributed by atoms with E-state index < -0.39 is 15.0 Å². The Kier molecular flexibility index (Phi) is 7.04. The molecule has 0 aromatic heterocycles. The van der Waals surface area contributed by atoms with E-state index in [0.717, 1.165) is 6.07 Å². The molecule has 0 aliphatic rings. The minimum atomic E-state index is -4.54. The Labute approximate surface area is 148 Å². The van der Waals surface area contributed by atoms with Crippen LogP contribution in [-0.2, 0) is 10.1 Å². The average Bonchev–Trinajstić information content (AvgIpc) is 1.98. The molecule has 0 unspecified atom stereocenters. The summed E-state index contributed by atoms with van der Waals surface area (Å²) in [5, 5.41) is -0.136. The van der Waals surface area contributed by atoms with Crippen LogP contribution < -0.4 is 51.4 Å². The standard InChI is InChI=1S/C6H3Cl2IO3S.K/c7-5-3(9)1-2-4(6(5)8)13(10,11)12;/h1-2H,(H,10,11,12);/q;+1/p-1. The van der Waals surface area contributed by atoms with Crippen LogP contribution in [0, 0.1) is 3.57 Å². The third-order valence-corrected chi connectivity index (χ3v) is 4.36. The molecule has 1 aromatic rings. The van der Waals surface area contributed by atoms with Crippen LogP contribution in [0.3, 0.4) is 0 Å². The largest absolute Gasteiger partial charge is 1.00 e. The van der Waals surface area contributed by atoms with E-state index in [-0.39, 0.29) is 61.4 Å². The smallest absolute Gasteiger partial charge is 0.744 e. The second kappa shape index (κ2) is 6.13. The molecule has 0 saturated heterocycles. The predicted octanol–water partition coefficient (Wildman–Crippen LogP) is -0.494. The molecule has 0 aliphatic carbocycles. The maximum atomic E-state index is 10.6. The minimum Gasteiger partial charge on any atom is -0.744 e. The van der Waals surface area contributed by atoms with Crippen LogP contribution in [0.4, 0.5) is 0 Å². The van der Waals surface area contributed by atoms with Crippen LogP contribution in [0.15, 0.2) is 17.0 Å². The van der Waals surface area contributed by atoms with Gasteiger partial charge in [0.1, 0.15) is 10.1 Å². The van der Waals surface area contributed by atoms with Crippen LogP contribution in [0.5, 0.6) is 0 Å². The van der Waals surface area contributed by atoms with E-state index in [1.807, 2.05) is 22.6 Å². The summed E-state index contributed by atoms with van der Waals surface area (Å²) in [6, 6.07) is 2.55. The number of benzene rings is 1. The van der Waals surface area contributed by atoms with Gasteiger partial charge in [0.05, 0.1) is 14.9 Å². The molecule has 14 heavy (non-hydrogen) atoms. The Morgan fingerprint density at radius 3 is 2.14 bits per heavy atom. The molecule has 0 bridgehead atoms. The van der Waals surface area contributed by atoms with Crippen molar-refractivity contribution >= 4 is 55.9 Å². The van der Waals surface area contributed by atoms with Gasteiger partial charge < -0.3 is 4.55 Å². The van der Waals surface area contributed by atoms with Crippen molar-refractivity contribution < 1.29 is 64.4 Å². The molecule has 0 spiro atoms. The molecule has 0 fully saturated rings. The van der Waals surface area contributed by atoms with Gasteiger partial charge in [-0.25, -0.2) is 8.42 Å². The molecular weight excluding hydrogens is 389 g/mol. The topological polar surface area (TPSA) is 57.2 Å². The fourth-order valence-corrected chi connectivity index (χ4v) is 2.54. The summed E-state index contributed by atoms with van der Waals surface area (Å²) >= 11 is 13.1. The van der Waals surface area contributed by atoms with E-state index in [0.29, 0.717) is 3.57 Å². The normalized spacial score (nSPS) is 10.9. The second-order valence-corrected chi connectivity index (χ2v) is 5.39. The molecule has 1 rings (SSSR count). The van der Waals surface area contributed by atoms with E-state index in [4.69, 9.17) is 23.2 Å². The Morgan fingerprint density at radius 2 is 1.71 bits per heavy atom. The van der Waals surface area contributed by atoms with Gasteiger partial charge in [-0.1, -0.05) is 23.2 Å². The molecule has 0 N–H and O–H groups in total. The first-order valence-corrected chi connectivity index (χ1v) is 6.17. The van der Waals surface area contributed by atoms with Crippen molar-refractivity contribution in [2.24, 2.45) is 0 Å². The summed E-state index contributed by atoms with van der Waals surface area (Å²) in [6.07, 6.45) is 0. The van der Waals surface area contributed by atoms with Gasteiger partial charge in [-0.2, -0.15) is 0 Å². The number of hydrogen-bond donors (Lipinski definition) is 0. The first kappa shape index (κ1) is 16.1. The fourth-order valence-electron chi connectivity index (χ4n) is 0.701. The average molecular weight is 391 g/mol. The number of rotatable bonds is 1. The second-order valence-electron chi connectivity index (χ2n) is 2.13. The Hall–Kier alpha value is 2.08. The number of halogens is 3. The molecule has 0 saturated carbocycles. The van der Waals surface area contributed by atoms with Crippen molar-refractivity contribution in [3.05, 3.63) is 25.7 Å². The summed E-state index contributed by atoms with van der Waals surface area (Å²) in [4.78, 5) is -0.486. The van der Waals surface area contributed by atoms with Gasteiger partial charge in [-0.3, -0.25) is 0 Å². The molecule has 72 valence electrons. The Balaban J connectivity index is 0.00000169. The summed E-state index contributed by atoms with van der Waals surface area (Å²) in [5.74, 6) is 0. The van der Waals surface area contributed by atoms with Crippen molar-refractivity contribution in [1.29, 1.82) is 0 Å². The zero-order valence-corrected chi connectivity index (χ0v) is 14.5. The quantitative estimate of drug-likeness (QED) is 0.281. The molecular formula is C6H2Cl2IKO3S. The zero-order chi connectivity index (χ0) is 10.2. The van der Waals surface area contributed by atoms with Gasteiger partial charge >= 0.3 is 51.4 Å². The SMILES string of the molecule is O=S(=O)([O-])c1ccc(I)c(Cl)c1Cl.[K+]. The monoisotopic (exact) mass is 390 g/mol. The molecule has 3 nitrogen and oxygen atoms in total. The molecule has 0 heterocycles. The first-order chi connectivity index (χ1) is 5.84. The van der Waals surface area contributed by atoms with Gasteiger partial charge in [0, 0.05) is 3.57 Å². The zero-order valence-electron chi connectivity index (χ0n) is 6.92. The van der Waals surface area contributed by atoms with E-state index >= 15 is 0 Å². The van der Waals surface area contributed by atoms with Crippen molar-refractivity contribution in [2.45, 2.75) is 4.90 Å². The van der Waals surface area contributed by atoms with Gasteiger partial charge in [-0.15, -0.1) is 0 Å². The molecule has 0 amide bonds. The molecule has 1 aromatic carbocycles. The molecule has 8 heteroatoms. The van der Waals surface area contributed by atoms with Gasteiger partial charge in [0.2, 0.25) is 0 Å². The Morgan fingerprint density at radius 1 is 1.21 bits per heavy atom. The summed E-state index contributed by atoms with van der Waals surface area (Å²) < 4.78 is 32.4. The van der Waals surface area contributed by atoms with Crippen LogP contribution in [0.1, 0.15) is 0 Å². The van der Waals surface area contributed by atoms with E-state index in [2.05, 4.69) is 0 Å². The van der Waals surface area contributed by atoms with Crippen molar-refractivity contribution in [3.8, 4) is 0 Å². The van der Waals surface area contributed by atoms with Crippen LogP contribution >= 0.6 is 45.8 Å². The van der Waals surface area contributed by atoms with Gasteiger partial charge in [0.25, 0.3) is 0 Å². The summed E-state index contributed by atoms with van der Waals surface area (Å²) in [7, 11) is -4.54. The molecule has 0 atom stereocenters. The minimum absolute atomic E-state index is 0. The maximum absolute atomic E-state index is 10.6. The van der Waals surface area contributed by atoms with Gasteiger partial charge in [0.15, 0.2) is 0 Å². The predicted molar refractivity (Wildman–Crippen MR) is 57.1 cm³/mol. The third-order valence-electron chi connectivity index (χ3n) is 1.27. The number of hydrogen-bond acceptors (Lipinski definition) is 3. The molecule has 0 radical (unpaired) electrons. The van der Waals surface area contributed by atoms with Crippen LogP contribution in [-0.4, -0.2) is 13.0 Å². The van der Waals surface area contributed by atoms with Crippen molar-refractivity contribution in [1.82, 2.24) is 0 Å². The van der Waals surface area contributed by atoms with Crippen LogP contribution in [0.2, 0.25) is 10.0 Å². The fraction of sp³-hybridized carbons (Fsp3) is 0. The Bertz CT molecular complexity index is 449. The summed E-state index contributed by atoms with van der Waals surface area (Å²) in [6.45, 7) is 0. The van der Waals surface area contributed by atoms with Crippen molar-refractivity contribution in [3.63, 3.8) is 0 Å². The van der Waals surface area contributed by atoms with E-state index in [1.165, 1.54) is 6.07 Å². The summed E-state index contributed by atoms with van der Waals surface area (Å²) in [5.41, 5.74) is 0. The van der Waals surface area contributed by atoms with E-state index in [1.54, 1.807) is 0 Å². The van der Waals surface area contributed by atoms with Crippen LogP contribution in [0.25, 0.3) is 0 Å². The first-order valence-electron chi connectivity index (χ1n) is 2.93. The van der Waals surface area contributed by atoms with E-state index in [9.17, 15) is 13.0 Å². The van der Waals surface area contributed by atoms with Crippen molar-refractivity contribution in [2.75, 3.05) is 0 Å². The molecule has 0 aliphatic heterocycles.